The fourth-order valence-corrected chi connectivity index (χ4v) is 1.71. The minimum Gasteiger partial charge on any atom is -0.382 e. The van der Waals surface area contributed by atoms with Crippen LogP contribution in [-0.4, -0.2) is 15.4 Å². The van der Waals surface area contributed by atoms with Gasteiger partial charge in [0.2, 0.25) is 0 Å². The molecular formula is C11H14N4. The predicted octanol–water partition coefficient (Wildman–Crippen LogP) is 1.95. The van der Waals surface area contributed by atoms with Gasteiger partial charge >= 0.3 is 0 Å². The van der Waals surface area contributed by atoms with Crippen LogP contribution >= 0.6 is 0 Å². The molecule has 0 bridgehead atoms. The molecule has 0 saturated carbocycles. The SMILES string of the molecule is CCCCc1cccc2nnnc(N)c12. The first kappa shape index (κ1) is 9.83. The molecule has 0 radical (unpaired) electrons. The van der Waals surface area contributed by atoms with Gasteiger partial charge in [-0.1, -0.05) is 25.5 Å². The fraction of sp³-hybridized carbons (Fsp3) is 0.364. The van der Waals surface area contributed by atoms with E-state index in [1.54, 1.807) is 0 Å². The normalized spacial score (nSPS) is 10.7. The number of nitrogens with zero attached hydrogens (tertiary/aromatic N) is 3. The number of rotatable bonds is 3. The van der Waals surface area contributed by atoms with Crippen molar-refractivity contribution in [1.82, 2.24) is 15.4 Å². The van der Waals surface area contributed by atoms with Gasteiger partial charge in [0, 0.05) is 5.39 Å². The molecule has 0 aliphatic carbocycles. The summed E-state index contributed by atoms with van der Waals surface area (Å²) in [6.45, 7) is 2.17. The Hall–Kier alpha value is -1.71. The molecule has 0 spiro atoms. The number of nitrogen functional groups attached to an aromatic ring is 1. The second-order valence-corrected chi connectivity index (χ2v) is 3.59. The van der Waals surface area contributed by atoms with Gasteiger partial charge < -0.3 is 5.73 Å². The van der Waals surface area contributed by atoms with E-state index in [9.17, 15) is 0 Å². The zero-order valence-corrected chi connectivity index (χ0v) is 8.77. The third-order valence-electron chi connectivity index (χ3n) is 2.49. The van der Waals surface area contributed by atoms with Crippen molar-refractivity contribution >= 4 is 16.7 Å². The number of aromatic nitrogens is 3. The summed E-state index contributed by atoms with van der Waals surface area (Å²) >= 11 is 0. The first-order chi connectivity index (χ1) is 7.33. The zero-order chi connectivity index (χ0) is 10.7. The lowest BCUT2D eigenvalue weighted by Crippen LogP contribution is -2.00. The average Bonchev–Trinajstić information content (AvgIpc) is 2.26. The molecule has 0 saturated heterocycles. The third-order valence-corrected chi connectivity index (χ3v) is 2.49. The number of hydrogen-bond donors (Lipinski definition) is 1. The Bertz CT molecular complexity index is 462. The van der Waals surface area contributed by atoms with Crippen LogP contribution in [0.2, 0.25) is 0 Å². The molecule has 0 fully saturated rings. The summed E-state index contributed by atoms with van der Waals surface area (Å²) in [4.78, 5) is 0. The van der Waals surface area contributed by atoms with E-state index in [-0.39, 0.29) is 0 Å². The Morgan fingerprint density at radius 3 is 2.93 bits per heavy atom. The molecule has 78 valence electrons. The molecule has 0 aliphatic heterocycles. The molecule has 4 nitrogen and oxygen atoms in total. The van der Waals surface area contributed by atoms with Crippen LogP contribution in [0.1, 0.15) is 25.3 Å². The highest BCUT2D eigenvalue weighted by Crippen LogP contribution is 2.21. The second-order valence-electron chi connectivity index (χ2n) is 3.59. The maximum Gasteiger partial charge on any atom is 0.157 e. The standard InChI is InChI=1S/C11H14N4/c1-2-3-5-8-6-4-7-9-10(8)11(12)14-15-13-9/h4,6-7H,2-3,5H2,1H3,(H2,12,13,14). The lowest BCUT2D eigenvalue weighted by atomic mass is 10.0. The Morgan fingerprint density at radius 2 is 2.13 bits per heavy atom. The van der Waals surface area contributed by atoms with Gasteiger partial charge in [-0.3, -0.25) is 0 Å². The van der Waals surface area contributed by atoms with Crippen LogP contribution in [0.25, 0.3) is 10.9 Å². The van der Waals surface area contributed by atoms with E-state index >= 15 is 0 Å². The first-order valence-electron chi connectivity index (χ1n) is 5.19. The van der Waals surface area contributed by atoms with Gasteiger partial charge in [-0.15, -0.1) is 10.2 Å². The summed E-state index contributed by atoms with van der Waals surface area (Å²) in [6, 6.07) is 5.98. The highest BCUT2D eigenvalue weighted by atomic mass is 15.3. The minimum absolute atomic E-state index is 0.478. The van der Waals surface area contributed by atoms with Crippen LogP contribution in [0.4, 0.5) is 5.82 Å². The molecule has 1 heterocycles. The highest BCUT2D eigenvalue weighted by molar-refractivity contribution is 5.90. The lowest BCUT2D eigenvalue weighted by molar-refractivity contribution is 0.797. The number of nitrogens with two attached hydrogens (primary N) is 1. The Balaban J connectivity index is 2.53. The van der Waals surface area contributed by atoms with E-state index in [4.69, 9.17) is 5.73 Å². The molecule has 4 heteroatoms. The van der Waals surface area contributed by atoms with Crippen LogP contribution in [0.15, 0.2) is 18.2 Å². The quantitative estimate of drug-likeness (QED) is 0.826. The largest absolute Gasteiger partial charge is 0.382 e. The Morgan fingerprint density at radius 1 is 1.27 bits per heavy atom. The minimum atomic E-state index is 0.478. The van der Waals surface area contributed by atoms with Crippen LogP contribution in [0, 0.1) is 0 Å². The van der Waals surface area contributed by atoms with Crippen molar-refractivity contribution in [2.45, 2.75) is 26.2 Å². The number of benzene rings is 1. The maximum absolute atomic E-state index is 5.82. The van der Waals surface area contributed by atoms with Crippen molar-refractivity contribution in [2.75, 3.05) is 5.73 Å². The third kappa shape index (κ3) is 1.88. The van der Waals surface area contributed by atoms with Gasteiger partial charge in [-0.25, -0.2) is 0 Å². The van der Waals surface area contributed by atoms with Crippen molar-refractivity contribution in [1.29, 1.82) is 0 Å². The molecule has 2 aromatic rings. The molecule has 2 N–H and O–H groups in total. The van der Waals surface area contributed by atoms with Crippen LogP contribution < -0.4 is 5.73 Å². The van der Waals surface area contributed by atoms with Gasteiger partial charge in [-0.05, 0) is 29.7 Å². The highest BCUT2D eigenvalue weighted by Gasteiger charge is 2.06. The molecule has 15 heavy (non-hydrogen) atoms. The molecule has 0 aliphatic rings. The molecular weight excluding hydrogens is 188 g/mol. The number of fused-ring (bicyclic) bond motifs is 1. The summed E-state index contributed by atoms with van der Waals surface area (Å²) in [5, 5.41) is 12.3. The van der Waals surface area contributed by atoms with Crippen molar-refractivity contribution in [2.24, 2.45) is 0 Å². The number of aryl methyl sites for hydroxylation is 1. The molecule has 1 aromatic carbocycles. The van der Waals surface area contributed by atoms with E-state index < -0.39 is 0 Å². The Labute approximate surface area is 88.5 Å². The first-order valence-corrected chi connectivity index (χ1v) is 5.19. The van der Waals surface area contributed by atoms with Gasteiger partial charge in [0.1, 0.15) is 0 Å². The van der Waals surface area contributed by atoms with Crippen LogP contribution in [0.5, 0.6) is 0 Å². The van der Waals surface area contributed by atoms with Gasteiger partial charge in [-0.2, -0.15) is 0 Å². The van der Waals surface area contributed by atoms with Crippen molar-refractivity contribution in [3.05, 3.63) is 23.8 Å². The fourth-order valence-electron chi connectivity index (χ4n) is 1.71. The van der Waals surface area contributed by atoms with Crippen molar-refractivity contribution < 1.29 is 0 Å². The summed E-state index contributed by atoms with van der Waals surface area (Å²) < 4.78 is 0. The average molecular weight is 202 g/mol. The van der Waals surface area contributed by atoms with Gasteiger partial charge in [0.05, 0.1) is 5.52 Å². The van der Waals surface area contributed by atoms with E-state index in [0.717, 1.165) is 23.7 Å². The van der Waals surface area contributed by atoms with Gasteiger partial charge in [0.15, 0.2) is 5.82 Å². The molecule has 0 unspecified atom stereocenters. The monoisotopic (exact) mass is 202 g/mol. The molecule has 0 atom stereocenters. The summed E-state index contributed by atoms with van der Waals surface area (Å²) in [7, 11) is 0. The predicted molar refractivity (Wildman–Crippen MR) is 60.4 cm³/mol. The van der Waals surface area contributed by atoms with Crippen molar-refractivity contribution in [3.8, 4) is 0 Å². The van der Waals surface area contributed by atoms with Gasteiger partial charge in [0.25, 0.3) is 0 Å². The maximum atomic E-state index is 5.82. The number of anilines is 1. The summed E-state index contributed by atoms with van der Waals surface area (Å²) in [5.41, 5.74) is 7.86. The zero-order valence-electron chi connectivity index (χ0n) is 8.77. The number of hydrogen-bond acceptors (Lipinski definition) is 4. The second kappa shape index (κ2) is 4.21. The number of unbranched alkanes of at least 4 members (excludes halogenated alkanes) is 1. The van der Waals surface area contributed by atoms with E-state index in [2.05, 4.69) is 28.4 Å². The Kier molecular flexibility index (Phi) is 2.76. The van der Waals surface area contributed by atoms with E-state index in [0.29, 0.717) is 5.82 Å². The summed E-state index contributed by atoms with van der Waals surface area (Å²) in [5.74, 6) is 0.478. The molecule has 2 rings (SSSR count). The van der Waals surface area contributed by atoms with Crippen LogP contribution in [-0.2, 0) is 6.42 Å². The molecule has 0 amide bonds. The van der Waals surface area contributed by atoms with Crippen LogP contribution in [0.3, 0.4) is 0 Å². The van der Waals surface area contributed by atoms with E-state index in [1.165, 1.54) is 12.0 Å². The smallest absolute Gasteiger partial charge is 0.157 e. The molecule has 1 aromatic heterocycles. The topological polar surface area (TPSA) is 64.7 Å². The lowest BCUT2D eigenvalue weighted by Gasteiger charge is -2.05. The summed E-state index contributed by atoms with van der Waals surface area (Å²) in [6.07, 6.45) is 3.34. The van der Waals surface area contributed by atoms with E-state index in [1.807, 2.05) is 12.1 Å². The van der Waals surface area contributed by atoms with Crippen molar-refractivity contribution in [3.63, 3.8) is 0 Å².